The number of aromatic nitrogens is 2. The van der Waals surface area contributed by atoms with Gasteiger partial charge in [0.05, 0.1) is 24.1 Å². The van der Waals surface area contributed by atoms with E-state index in [-0.39, 0.29) is 17.4 Å². The number of amides is 1. The van der Waals surface area contributed by atoms with E-state index in [2.05, 4.69) is 34.5 Å². The molecule has 1 saturated heterocycles. The van der Waals surface area contributed by atoms with Crippen LogP contribution in [0.15, 0.2) is 42.7 Å². The topological polar surface area (TPSA) is 55.3 Å². The Kier molecular flexibility index (Phi) is 4.25. The van der Waals surface area contributed by atoms with Gasteiger partial charge in [0.1, 0.15) is 0 Å². The summed E-state index contributed by atoms with van der Waals surface area (Å²) in [6, 6.07) is 10.4. The fourth-order valence-electron chi connectivity index (χ4n) is 4.46. The van der Waals surface area contributed by atoms with E-state index in [0.29, 0.717) is 5.56 Å². The lowest BCUT2D eigenvalue weighted by atomic mass is 9.64. The summed E-state index contributed by atoms with van der Waals surface area (Å²) in [7, 11) is 1.80. The van der Waals surface area contributed by atoms with Gasteiger partial charge in [-0.1, -0.05) is 24.3 Å². The Bertz CT molecular complexity index is 755. The number of piperidine rings is 1. The highest BCUT2D eigenvalue weighted by molar-refractivity contribution is 5.93. The zero-order valence-corrected chi connectivity index (χ0v) is 14.5. The third-order valence-electron chi connectivity index (χ3n) is 5.89. The summed E-state index contributed by atoms with van der Waals surface area (Å²) in [4.78, 5) is 14.6. The van der Waals surface area contributed by atoms with Crippen LogP contribution in [0.4, 0.5) is 0 Å². The minimum atomic E-state index is 0.0589. The van der Waals surface area contributed by atoms with Crippen molar-refractivity contribution in [2.75, 3.05) is 20.2 Å². The second-order valence-electron chi connectivity index (χ2n) is 7.05. The highest BCUT2D eigenvalue weighted by Gasteiger charge is 2.42. The van der Waals surface area contributed by atoms with Gasteiger partial charge in [0.25, 0.3) is 5.91 Å². The lowest BCUT2D eigenvalue weighted by Gasteiger charge is -2.47. The molecule has 0 bridgehead atoms. The van der Waals surface area contributed by atoms with E-state index in [1.807, 2.05) is 4.90 Å². The van der Waals surface area contributed by atoms with Crippen molar-refractivity contribution in [2.45, 2.75) is 37.2 Å². The number of carbonyl (C=O) groups excluding carboxylic acids is 1. The lowest BCUT2D eigenvalue weighted by Crippen LogP contribution is -2.47. The predicted molar refractivity (Wildman–Crippen MR) is 94.3 cm³/mol. The maximum Gasteiger partial charge on any atom is 0.255 e. The van der Waals surface area contributed by atoms with Crippen LogP contribution < -0.4 is 0 Å². The van der Waals surface area contributed by atoms with Crippen LogP contribution in [0.3, 0.4) is 0 Å². The molecule has 1 aliphatic carbocycles. The predicted octanol–water partition coefficient (Wildman–Crippen LogP) is 3.13. The van der Waals surface area contributed by atoms with Gasteiger partial charge in [0, 0.05) is 20.2 Å². The Morgan fingerprint density at radius 2 is 1.96 bits per heavy atom. The molecule has 1 unspecified atom stereocenters. The van der Waals surface area contributed by atoms with Crippen molar-refractivity contribution in [3.8, 4) is 0 Å². The minimum Gasteiger partial charge on any atom is -0.377 e. The number of hydrogen-bond donors (Lipinski definition) is 0. The van der Waals surface area contributed by atoms with Crippen LogP contribution >= 0.6 is 0 Å². The average molecular weight is 337 g/mol. The number of rotatable bonds is 2. The molecule has 5 heteroatoms. The number of carbonyl (C=O) groups is 1. The molecule has 4 rings (SSSR count). The fraction of sp³-hybridized carbons (Fsp3) is 0.450. The molecule has 1 aromatic carbocycles. The van der Waals surface area contributed by atoms with Crippen molar-refractivity contribution in [1.82, 2.24) is 15.1 Å². The van der Waals surface area contributed by atoms with E-state index >= 15 is 0 Å². The first-order valence-electron chi connectivity index (χ1n) is 8.92. The van der Waals surface area contributed by atoms with Crippen LogP contribution in [0.25, 0.3) is 0 Å². The summed E-state index contributed by atoms with van der Waals surface area (Å²) < 4.78 is 5.69. The first kappa shape index (κ1) is 16.2. The maximum absolute atomic E-state index is 12.7. The SMILES string of the molecule is COC1CCC2(CCN(C(=O)c3ccnnc3)CC2)c2ccccc21. The first-order chi connectivity index (χ1) is 12.2. The standard InChI is InChI=1S/C20H23N3O2/c1-25-18-6-8-20(17-5-3-2-4-16(17)18)9-12-23(13-10-20)19(24)15-7-11-21-22-14-15/h2-5,7,11,14,18H,6,8-10,12-13H2,1H3. The number of hydrogen-bond acceptors (Lipinski definition) is 4. The third kappa shape index (κ3) is 2.82. The summed E-state index contributed by atoms with van der Waals surface area (Å²) in [6.07, 6.45) is 7.50. The van der Waals surface area contributed by atoms with Crippen LogP contribution in [0, 0.1) is 0 Å². The van der Waals surface area contributed by atoms with Crippen LogP contribution in [0.5, 0.6) is 0 Å². The van der Waals surface area contributed by atoms with Gasteiger partial charge in [-0.05, 0) is 48.3 Å². The maximum atomic E-state index is 12.7. The molecule has 0 saturated carbocycles. The van der Waals surface area contributed by atoms with Gasteiger partial charge in [-0.15, -0.1) is 0 Å². The summed E-state index contributed by atoms with van der Waals surface area (Å²) in [5.41, 5.74) is 3.55. The molecule has 2 aromatic rings. The molecule has 1 fully saturated rings. The molecule has 1 aliphatic heterocycles. The summed E-state index contributed by atoms with van der Waals surface area (Å²) in [6.45, 7) is 1.57. The Morgan fingerprint density at radius 1 is 1.16 bits per heavy atom. The number of nitrogens with zero attached hydrogens (tertiary/aromatic N) is 3. The van der Waals surface area contributed by atoms with E-state index in [9.17, 15) is 4.79 Å². The van der Waals surface area contributed by atoms with E-state index in [4.69, 9.17) is 4.74 Å². The van der Waals surface area contributed by atoms with Gasteiger partial charge in [-0.2, -0.15) is 10.2 Å². The Morgan fingerprint density at radius 3 is 2.68 bits per heavy atom. The van der Waals surface area contributed by atoms with Crippen molar-refractivity contribution in [1.29, 1.82) is 0 Å². The number of ether oxygens (including phenoxy) is 1. The number of fused-ring (bicyclic) bond motifs is 2. The molecule has 1 spiro atoms. The average Bonchev–Trinajstić information content (AvgIpc) is 2.69. The molecule has 1 aromatic heterocycles. The fourth-order valence-corrected chi connectivity index (χ4v) is 4.46. The van der Waals surface area contributed by atoms with Gasteiger partial charge in [0.15, 0.2) is 0 Å². The van der Waals surface area contributed by atoms with Gasteiger partial charge in [-0.25, -0.2) is 0 Å². The Balaban J connectivity index is 1.54. The highest BCUT2D eigenvalue weighted by atomic mass is 16.5. The largest absolute Gasteiger partial charge is 0.377 e. The number of methoxy groups -OCH3 is 1. The van der Waals surface area contributed by atoms with Gasteiger partial charge in [-0.3, -0.25) is 4.79 Å². The molecule has 130 valence electrons. The second kappa shape index (κ2) is 6.56. The van der Waals surface area contributed by atoms with E-state index in [1.165, 1.54) is 11.1 Å². The summed E-state index contributed by atoms with van der Waals surface area (Å²) >= 11 is 0. The van der Waals surface area contributed by atoms with E-state index in [1.54, 1.807) is 25.6 Å². The number of benzene rings is 1. The number of likely N-dealkylation sites (tertiary alicyclic amines) is 1. The molecule has 0 N–H and O–H groups in total. The molecule has 1 amide bonds. The first-order valence-corrected chi connectivity index (χ1v) is 8.92. The van der Waals surface area contributed by atoms with Crippen molar-refractivity contribution in [3.05, 3.63) is 59.4 Å². The Labute approximate surface area is 148 Å². The van der Waals surface area contributed by atoms with E-state index < -0.39 is 0 Å². The molecular weight excluding hydrogens is 314 g/mol. The second-order valence-corrected chi connectivity index (χ2v) is 7.05. The normalized spacial score (nSPS) is 21.8. The van der Waals surface area contributed by atoms with Crippen molar-refractivity contribution in [3.63, 3.8) is 0 Å². The zero-order valence-electron chi connectivity index (χ0n) is 14.5. The van der Waals surface area contributed by atoms with Gasteiger partial charge in [0.2, 0.25) is 0 Å². The summed E-state index contributed by atoms with van der Waals surface area (Å²) in [5.74, 6) is 0.0589. The smallest absolute Gasteiger partial charge is 0.255 e. The van der Waals surface area contributed by atoms with Crippen LogP contribution in [0.2, 0.25) is 0 Å². The molecule has 5 nitrogen and oxygen atoms in total. The lowest BCUT2D eigenvalue weighted by molar-refractivity contribution is 0.0501. The van der Waals surface area contributed by atoms with Crippen molar-refractivity contribution < 1.29 is 9.53 Å². The van der Waals surface area contributed by atoms with E-state index in [0.717, 1.165) is 38.8 Å². The van der Waals surface area contributed by atoms with Gasteiger partial charge < -0.3 is 9.64 Å². The third-order valence-corrected chi connectivity index (χ3v) is 5.89. The Hall–Kier alpha value is -2.27. The monoisotopic (exact) mass is 337 g/mol. The minimum absolute atomic E-state index is 0.0589. The van der Waals surface area contributed by atoms with Crippen molar-refractivity contribution >= 4 is 5.91 Å². The highest BCUT2D eigenvalue weighted by Crippen LogP contribution is 2.48. The molecular formula is C20H23N3O2. The molecule has 2 aliphatic rings. The zero-order chi connectivity index (χ0) is 17.3. The molecule has 0 radical (unpaired) electrons. The van der Waals surface area contributed by atoms with Crippen LogP contribution in [-0.4, -0.2) is 41.2 Å². The van der Waals surface area contributed by atoms with Crippen LogP contribution in [0.1, 0.15) is 53.3 Å². The van der Waals surface area contributed by atoms with Crippen LogP contribution in [-0.2, 0) is 10.2 Å². The molecule has 25 heavy (non-hydrogen) atoms. The summed E-state index contributed by atoms with van der Waals surface area (Å²) in [5, 5.41) is 7.57. The quantitative estimate of drug-likeness (QED) is 0.845. The molecule has 1 atom stereocenters. The van der Waals surface area contributed by atoms with Crippen molar-refractivity contribution in [2.24, 2.45) is 0 Å². The molecule has 2 heterocycles. The van der Waals surface area contributed by atoms with Gasteiger partial charge >= 0.3 is 0 Å².